The van der Waals surface area contributed by atoms with Gasteiger partial charge in [-0.25, -0.2) is 0 Å². The Balaban J connectivity index is 0.000000853. The molecule has 0 fully saturated rings. The molecule has 0 saturated carbocycles. The average Bonchev–Trinajstić information content (AvgIpc) is 2.57. The van der Waals surface area contributed by atoms with Crippen LogP contribution in [0.25, 0.3) is 17.1 Å². The van der Waals surface area contributed by atoms with E-state index in [1.165, 1.54) is 16.5 Å². The first kappa shape index (κ1) is 10.7. The highest BCUT2D eigenvalue weighted by molar-refractivity contribution is 7.98. The van der Waals surface area contributed by atoms with Gasteiger partial charge < -0.3 is 4.57 Å². The van der Waals surface area contributed by atoms with Gasteiger partial charge in [-0.2, -0.15) is 11.8 Å². The van der Waals surface area contributed by atoms with E-state index in [0.717, 1.165) is 11.5 Å². The lowest BCUT2D eigenvalue weighted by molar-refractivity contribution is 1.20. The first-order valence-corrected chi connectivity index (χ1v) is 5.93. The maximum absolute atomic E-state index is 2.23. The third-order valence-corrected chi connectivity index (χ3v) is 3.50. The van der Waals surface area contributed by atoms with Crippen molar-refractivity contribution in [1.29, 1.82) is 0 Å². The Hall–Kier alpha value is -0.860. The highest BCUT2D eigenvalue weighted by Gasteiger charge is 2.06. The molecule has 1 aromatic carbocycles. The first-order chi connectivity index (χ1) is 6.95. The van der Waals surface area contributed by atoms with Crippen LogP contribution >= 0.6 is 24.2 Å². The summed E-state index contributed by atoms with van der Waals surface area (Å²) in [5.41, 5.74) is 2.82. The zero-order valence-electron chi connectivity index (χ0n) is 8.22. The number of aromatic nitrogens is 1. The summed E-state index contributed by atoms with van der Waals surface area (Å²) in [5.74, 6) is 2.22. The number of thioether (sulfide) groups is 1. The topological polar surface area (TPSA) is 4.93 Å². The summed E-state index contributed by atoms with van der Waals surface area (Å²) >= 11 is 1.97. The van der Waals surface area contributed by atoms with Crippen molar-refractivity contribution in [2.75, 3.05) is 5.75 Å². The summed E-state index contributed by atoms with van der Waals surface area (Å²) in [5, 5.41) is 1.34. The van der Waals surface area contributed by atoms with E-state index in [2.05, 4.69) is 47.3 Å². The summed E-state index contributed by atoms with van der Waals surface area (Å²) in [6, 6.07) is 8.73. The monoisotopic (exact) mass is 237 g/mol. The molecule has 3 heteroatoms. The molecular formula is C12H12ClNS. The van der Waals surface area contributed by atoms with Crippen LogP contribution in [-0.2, 0) is 5.75 Å². The SMILES string of the molecule is C1=C\n2ccc3cccc(c32)CSC/1.Cl. The fourth-order valence-electron chi connectivity index (χ4n) is 1.93. The van der Waals surface area contributed by atoms with Gasteiger partial charge in [0.2, 0.25) is 0 Å². The molecule has 0 aliphatic carbocycles. The van der Waals surface area contributed by atoms with Gasteiger partial charge in [0.15, 0.2) is 0 Å². The molecule has 3 rings (SSSR count). The smallest absolute Gasteiger partial charge is 0.0562 e. The van der Waals surface area contributed by atoms with E-state index < -0.39 is 0 Å². The van der Waals surface area contributed by atoms with Crippen LogP contribution in [0.15, 0.2) is 36.5 Å². The van der Waals surface area contributed by atoms with E-state index in [0.29, 0.717) is 0 Å². The van der Waals surface area contributed by atoms with Gasteiger partial charge in [-0.1, -0.05) is 24.3 Å². The number of para-hydroxylation sites is 1. The van der Waals surface area contributed by atoms with Crippen molar-refractivity contribution in [3.05, 3.63) is 42.1 Å². The van der Waals surface area contributed by atoms with Crippen molar-refractivity contribution in [3.8, 4) is 0 Å². The number of halogens is 1. The Morgan fingerprint density at radius 2 is 2.13 bits per heavy atom. The molecule has 2 heterocycles. The van der Waals surface area contributed by atoms with E-state index >= 15 is 0 Å². The zero-order chi connectivity index (χ0) is 9.38. The minimum Gasteiger partial charge on any atom is -0.323 e. The van der Waals surface area contributed by atoms with E-state index in [1.807, 2.05) is 11.8 Å². The Morgan fingerprint density at radius 3 is 3.07 bits per heavy atom. The predicted octanol–water partition coefficient (Wildman–Crippen LogP) is 3.78. The second-order valence-electron chi connectivity index (χ2n) is 3.48. The van der Waals surface area contributed by atoms with Gasteiger partial charge in [0.05, 0.1) is 5.52 Å². The van der Waals surface area contributed by atoms with Crippen molar-refractivity contribution < 1.29 is 0 Å². The predicted molar refractivity (Wildman–Crippen MR) is 70.7 cm³/mol. The Labute approximate surface area is 99.6 Å². The number of nitrogens with zero attached hydrogens (tertiary/aromatic N) is 1. The van der Waals surface area contributed by atoms with Crippen LogP contribution in [0, 0.1) is 0 Å². The normalized spacial score (nSPS) is 16.5. The van der Waals surface area contributed by atoms with Gasteiger partial charge in [0, 0.05) is 29.3 Å². The summed E-state index contributed by atoms with van der Waals surface area (Å²) < 4.78 is 2.23. The Bertz CT molecular complexity index is 501. The molecule has 0 spiro atoms. The summed E-state index contributed by atoms with van der Waals surface area (Å²) in [4.78, 5) is 0. The highest BCUT2D eigenvalue weighted by atomic mass is 35.5. The van der Waals surface area contributed by atoms with E-state index in [1.54, 1.807) is 0 Å². The lowest BCUT2D eigenvalue weighted by Gasteiger charge is -2.08. The van der Waals surface area contributed by atoms with Crippen molar-refractivity contribution >= 4 is 41.3 Å². The second kappa shape index (κ2) is 4.33. The van der Waals surface area contributed by atoms with Gasteiger partial charge in [-0.05, 0) is 11.6 Å². The van der Waals surface area contributed by atoms with Gasteiger partial charge in [-0.15, -0.1) is 12.4 Å². The molecule has 2 aromatic rings. The fraction of sp³-hybridized carbons (Fsp3) is 0.167. The molecule has 0 bridgehead atoms. The molecule has 15 heavy (non-hydrogen) atoms. The van der Waals surface area contributed by atoms with E-state index in [-0.39, 0.29) is 12.4 Å². The maximum Gasteiger partial charge on any atom is 0.0562 e. The molecule has 0 atom stereocenters. The molecule has 0 unspecified atom stereocenters. The molecule has 0 N–H and O–H groups in total. The summed E-state index contributed by atoms with van der Waals surface area (Å²) in [6.07, 6.45) is 6.53. The number of hydrogen-bond acceptors (Lipinski definition) is 1. The van der Waals surface area contributed by atoms with E-state index in [9.17, 15) is 0 Å². The zero-order valence-corrected chi connectivity index (χ0v) is 9.85. The molecule has 0 amide bonds. The summed E-state index contributed by atoms with van der Waals surface area (Å²) in [6.45, 7) is 0. The van der Waals surface area contributed by atoms with Crippen LogP contribution in [0.5, 0.6) is 0 Å². The maximum atomic E-state index is 2.23. The van der Waals surface area contributed by atoms with Gasteiger partial charge in [-0.3, -0.25) is 0 Å². The quantitative estimate of drug-likeness (QED) is 0.675. The number of hydrogen-bond donors (Lipinski definition) is 0. The number of benzene rings is 1. The van der Waals surface area contributed by atoms with Crippen LogP contribution in [-0.4, -0.2) is 10.3 Å². The molecule has 1 aliphatic heterocycles. The summed E-state index contributed by atoms with van der Waals surface area (Å²) in [7, 11) is 0. The lowest BCUT2D eigenvalue weighted by Crippen LogP contribution is -1.93. The second-order valence-corrected chi connectivity index (χ2v) is 4.51. The molecule has 0 saturated heterocycles. The molecule has 1 aromatic heterocycles. The first-order valence-electron chi connectivity index (χ1n) is 4.78. The van der Waals surface area contributed by atoms with Crippen LogP contribution in [0.3, 0.4) is 0 Å². The van der Waals surface area contributed by atoms with Crippen LogP contribution in [0.2, 0.25) is 0 Å². The van der Waals surface area contributed by atoms with Crippen molar-refractivity contribution in [1.82, 2.24) is 4.57 Å². The molecule has 78 valence electrons. The largest absolute Gasteiger partial charge is 0.323 e. The third kappa shape index (κ3) is 1.80. The molecule has 1 aliphatic rings. The van der Waals surface area contributed by atoms with E-state index in [4.69, 9.17) is 0 Å². The van der Waals surface area contributed by atoms with Crippen molar-refractivity contribution in [3.63, 3.8) is 0 Å². The third-order valence-electron chi connectivity index (χ3n) is 2.56. The number of rotatable bonds is 0. The van der Waals surface area contributed by atoms with Gasteiger partial charge in [0.25, 0.3) is 0 Å². The Kier molecular flexibility index (Phi) is 3.08. The Morgan fingerprint density at radius 1 is 1.20 bits per heavy atom. The van der Waals surface area contributed by atoms with Crippen LogP contribution in [0.1, 0.15) is 5.56 Å². The van der Waals surface area contributed by atoms with Crippen LogP contribution in [0.4, 0.5) is 0 Å². The van der Waals surface area contributed by atoms with Crippen LogP contribution < -0.4 is 0 Å². The minimum absolute atomic E-state index is 0. The molecular weight excluding hydrogens is 226 g/mol. The molecule has 1 nitrogen and oxygen atoms in total. The standard InChI is InChI=1S/C12H11NS.ClH/c1-3-10-5-7-13-6-2-8-14-9-11(4-1)12(10)13;/h1-7H,8-9H2;1H/b6-2-;. The van der Waals surface area contributed by atoms with Gasteiger partial charge >= 0.3 is 0 Å². The lowest BCUT2D eigenvalue weighted by atomic mass is 10.2. The van der Waals surface area contributed by atoms with Crippen molar-refractivity contribution in [2.45, 2.75) is 5.75 Å². The molecule has 0 radical (unpaired) electrons. The van der Waals surface area contributed by atoms with Crippen molar-refractivity contribution in [2.24, 2.45) is 0 Å². The van der Waals surface area contributed by atoms with Gasteiger partial charge in [0.1, 0.15) is 0 Å². The fourth-order valence-corrected chi connectivity index (χ4v) is 2.72. The highest BCUT2D eigenvalue weighted by Crippen LogP contribution is 2.25. The average molecular weight is 238 g/mol. The minimum atomic E-state index is 0.